The van der Waals surface area contributed by atoms with Gasteiger partial charge in [0.05, 0.1) is 25.7 Å². The van der Waals surface area contributed by atoms with Crippen LogP contribution < -0.4 is 16.0 Å². The van der Waals surface area contributed by atoms with Crippen LogP contribution in [0.4, 0.5) is 19.4 Å². The molecule has 2 atom stereocenters. The predicted octanol–water partition coefficient (Wildman–Crippen LogP) is 2.88. The molecule has 1 fully saturated rings. The predicted molar refractivity (Wildman–Crippen MR) is 133 cm³/mol. The summed E-state index contributed by atoms with van der Waals surface area (Å²) in [5.74, 6) is -4.46. The van der Waals surface area contributed by atoms with Gasteiger partial charge < -0.3 is 25.6 Å². The van der Waals surface area contributed by atoms with Crippen molar-refractivity contribution in [3.8, 4) is 0 Å². The Hall–Kier alpha value is -4.17. The lowest BCUT2D eigenvalue weighted by Crippen LogP contribution is -2.58. The molecule has 39 heavy (non-hydrogen) atoms. The molecule has 0 radical (unpaired) electrons. The first-order valence-corrected chi connectivity index (χ1v) is 12.0. The Balaban J connectivity index is 1.59. The van der Waals surface area contributed by atoms with Crippen LogP contribution >= 0.6 is 11.6 Å². The standard InChI is InChI=1S/C24H24ClF2N7O5/c1-13-19(33-39-32-13)21(35)31-20(14-3-5-16(25)6-4-14)22(36)30-18-9-15(7-8-28-18)17(10-38-2)34-12-24(26,27)11-29-23(34)37/h3-9,17,20H,10-12H2,1-2H3,(H,29,37)(H,31,35)(H,28,30,36)/t17-,20+/m1/s1. The van der Waals surface area contributed by atoms with Crippen LogP contribution in [0.5, 0.6) is 0 Å². The van der Waals surface area contributed by atoms with Crippen molar-refractivity contribution in [2.75, 3.05) is 32.1 Å². The summed E-state index contributed by atoms with van der Waals surface area (Å²) < 4.78 is 37.9. The molecule has 4 rings (SSSR count). The summed E-state index contributed by atoms with van der Waals surface area (Å²) in [6, 6.07) is 6.43. The van der Waals surface area contributed by atoms with Crippen molar-refractivity contribution >= 4 is 35.3 Å². The fourth-order valence-electron chi connectivity index (χ4n) is 3.97. The highest BCUT2D eigenvalue weighted by molar-refractivity contribution is 6.30. The molecule has 1 aromatic carbocycles. The Labute approximate surface area is 226 Å². The number of hydrogen-bond donors (Lipinski definition) is 3. The summed E-state index contributed by atoms with van der Waals surface area (Å²) in [5, 5.41) is 15.0. The summed E-state index contributed by atoms with van der Waals surface area (Å²) in [4.78, 5) is 43.7. The SMILES string of the molecule is COC[C@H](c1ccnc(NC(=O)[C@@H](NC(=O)c2nonc2C)c2ccc(Cl)cc2)c1)N1CC(F)(F)CNC1=O. The number of hydrogen-bond acceptors (Lipinski definition) is 8. The number of alkyl halides is 2. The van der Waals surface area contributed by atoms with Gasteiger partial charge in [-0.05, 0) is 47.5 Å². The van der Waals surface area contributed by atoms with Gasteiger partial charge in [0.15, 0.2) is 5.69 Å². The number of carbonyl (C=O) groups is 3. The van der Waals surface area contributed by atoms with Crippen molar-refractivity contribution in [3.05, 3.63) is 70.1 Å². The van der Waals surface area contributed by atoms with Gasteiger partial charge in [0.2, 0.25) is 0 Å². The fraction of sp³-hybridized carbons (Fsp3) is 0.333. The van der Waals surface area contributed by atoms with E-state index in [0.29, 0.717) is 16.1 Å². The first-order valence-electron chi connectivity index (χ1n) is 11.6. The molecule has 1 aliphatic rings. The van der Waals surface area contributed by atoms with E-state index in [-0.39, 0.29) is 23.8 Å². The molecule has 0 aliphatic carbocycles. The van der Waals surface area contributed by atoms with E-state index >= 15 is 0 Å². The molecule has 1 saturated heterocycles. The minimum atomic E-state index is -3.13. The zero-order valence-electron chi connectivity index (χ0n) is 20.8. The number of anilines is 1. The van der Waals surface area contributed by atoms with E-state index in [1.807, 2.05) is 0 Å². The van der Waals surface area contributed by atoms with Crippen LogP contribution in [-0.4, -0.2) is 70.8 Å². The van der Waals surface area contributed by atoms with Crippen LogP contribution in [-0.2, 0) is 9.53 Å². The largest absolute Gasteiger partial charge is 0.382 e. The number of aromatic nitrogens is 3. The first-order chi connectivity index (χ1) is 18.6. The van der Waals surface area contributed by atoms with Crippen molar-refractivity contribution in [1.82, 2.24) is 30.8 Å². The zero-order chi connectivity index (χ0) is 28.2. The van der Waals surface area contributed by atoms with Crippen molar-refractivity contribution in [3.63, 3.8) is 0 Å². The van der Waals surface area contributed by atoms with E-state index in [1.165, 1.54) is 32.4 Å². The van der Waals surface area contributed by atoms with Crippen molar-refractivity contribution in [1.29, 1.82) is 0 Å². The molecule has 12 nitrogen and oxygen atoms in total. The monoisotopic (exact) mass is 563 g/mol. The van der Waals surface area contributed by atoms with E-state index in [0.717, 1.165) is 4.90 Å². The number of benzene rings is 1. The number of ether oxygens (including phenoxy) is 1. The quantitative estimate of drug-likeness (QED) is 0.359. The number of nitrogens with one attached hydrogen (secondary N) is 3. The Morgan fingerprint density at radius 3 is 2.64 bits per heavy atom. The van der Waals surface area contributed by atoms with Crippen LogP contribution in [0.2, 0.25) is 5.02 Å². The second kappa shape index (κ2) is 11.7. The smallest absolute Gasteiger partial charge is 0.318 e. The fourth-order valence-corrected chi connectivity index (χ4v) is 4.10. The van der Waals surface area contributed by atoms with Gasteiger partial charge in [-0.25, -0.2) is 23.2 Å². The Morgan fingerprint density at radius 2 is 1.97 bits per heavy atom. The van der Waals surface area contributed by atoms with E-state index < -0.39 is 48.9 Å². The van der Waals surface area contributed by atoms with Crippen molar-refractivity contribution < 1.29 is 32.5 Å². The van der Waals surface area contributed by atoms with E-state index in [1.54, 1.807) is 24.3 Å². The van der Waals surface area contributed by atoms with Gasteiger partial charge in [0.25, 0.3) is 17.7 Å². The van der Waals surface area contributed by atoms with Gasteiger partial charge in [-0.1, -0.05) is 28.9 Å². The van der Waals surface area contributed by atoms with Crippen molar-refractivity contribution in [2.45, 2.75) is 24.9 Å². The van der Waals surface area contributed by atoms with E-state index in [4.69, 9.17) is 16.3 Å². The third-order valence-electron chi connectivity index (χ3n) is 5.89. The summed E-state index contributed by atoms with van der Waals surface area (Å²) in [6.07, 6.45) is 1.36. The Morgan fingerprint density at radius 1 is 1.23 bits per heavy atom. The number of carbonyl (C=O) groups excluding carboxylic acids is 3. The Bertz CT molecular complexity index is 1350. The number of amides is 4. The molecule has 4 amide bonds. The molecular formula is C24H24ClF2N7O5. The molecule has 3 aromatic rings. The highest BCUT2D eigenvalue weighted by Gasteiger charge is 2.42. The molecule has 206 valence electrons. The molecule has 2 aromatic heterocycles. The molecule has 0 bridgehead atoms. The Kier molecular flexibility index (Phi) is 8.35. The third kappa shape index (κ3) is 6.64. The molecule has 3 N–H and O–H groups in total. The number of aryl methyl sites for hydroxylation is 1. The molecule has 0 spiro atoms. The minimum Gasteiger partial charge on any atom is -0.382 e. The van der Waals surface area contributed by atoms with Crippen LogP contribution in [0.1, 0.15) is 39.4 Å². The normalized spacial score (nSPS) is 16.2. The molecule has 15 heteroatoms. The van der Waals surface area contributed by atoms with E-state index in [9.17, 15) is 23.2 Å². The maximum atomic E-state index is 14.1. The van der Waals surface area contributed by atoms with Crippen LogP contribution in [0.3, 0.4) is 0 Å². The second-order valence-corrected chi connectivity index (χ2v) is 9.17. The van der Waals surface area contributed by atoms with Crippen LogP contribution in [0.15, 0.2) is 47.2 Å². The summed E-state index contributed by atoms with van der Waals surface area (Å²) in [7, 11) is 1.38. The molecule has 3 heterocycles. The zero-order valence-corrected chi connectivity index (χ0v) is 21.5. The van der Waals surface area contributed by atoms with Crippen molar-refractivity contribution in [2.24, 2.45) is 0 Å². The lowest BCUT2D eigenvalue weighted by Gasteiger charge is -2.38. The minimum absolute atomic E-state index is 0.0512. The number of methoxy groups -OCH3 is 1. The highest BCUT2D eigenvalue weighted by Crippen LogP contribution is 2.29. The third-order valence-corrected chi connectivity index (χ3v) is 6.14. The summed E-state index contributed by atoms with van der Waals surface area (Å²) in [5.41, 5.74) is 0.931. The lowest BCUT2D eigenvalue weighted by atomic mass is 10.0. The van der Waals surface area contributed by atoms with Gasteiger partial charge in [0, 0.05) is 18.3 Å². The number of halogens is 3. The number of nitrogens with zero attached hydrogens (tertiary/aromatic N) is 4. The number of urea groups is 1. The molecule has 1 aliphatic heterocycles. The van der Waals surface area contributed by atoms with Gasteiger partial charge >= 0.3 is 6.03 Å². The van der Waals surface area contributed by atoms with Gasteiger partial charge in [-0.2, -0.15) is 0 Å². The average molecular weight is 564 g/mol. The summed E-state index contributed by atoms with van der Waals surface area (Å²) >= 11 is 5.98. The van der Waals surface area contributed by atoms with E-state index in [2.05, 4.69) is 35.9 Å². The van der Waals surface area contributed by atoms with Crippen LogP contribution in [0.25, 0.3) is 0 Å². The lowest BCUT2D eigenvalue weighted by molar-refractivity contribution is -0.118. The van der Waals surface area contributed by atoms with Gasteiger partial charge in [-0.15, -0.1) is 0 Å². The summed E-state index contributed by atoms with van der Waals surface area (Å²) in [6.45, 7) is -0.137. The number of rotatable bonds is 9. The van der Waals surface area contributed by atoms with Gasteiger partial charge in [-0.3, -0.25) is 9.59 Å². The maximum Gasteiger partial charge on any atom is 0.318 e. The highest BCUT2D eigenvalue weighted by atomic mass is 35.5. The maximum absolute atomic E-state index is 14.1. The molecule has 0 unspecified atom stereocenters. The van der Waals surface area contributed by atoms with Gasteiger partial charge in [0.1, 0.15) is 17.6 Å². The number of pyridine rings is 1. The molecular weight excluding hydrogens is 540 g/mol. The molecule has 0 saturated carbocycles. The van der Waals surface area contributed by atoms with Crippen LogP contribution in [0, 0.1) is 6.92 Å². The average Bonchev–Trinajstić information content (AvgIpc) is 3.34. The first kappa shape index (κ1) is 27.9. The topological polar surface area (TPSA) is 152 Å². The second-order valence-electron chi connectivity index (χ2n) is 8.73.